The SMILES string of the molecule is Cc1[nH]c2cc(O)ccc2c1-c1cc(N)n[nH]1. The average Bonchev–Trinajstić information content (AvgIpc) is 2.80. The maximum Gasteiger partial charge on any atom is 0.145 e. The fraction of sp³-hybridized carbons (Fsp3) is 0.0833. The summed E-state index contributed by atoms with van der Waals surface area (Å²) in [6.07, 6.45) is 0. The number of benzene rings is 1. The summed E-state index contributed by atoms with van der Waals surface area (Å²) in [5.41, 5.74) is 9.42. The van der Waals surface area contributed by atoms with E-state index < -0.39 is 0 Å². The van der Waals surface area contributed by atoms with Crippen LogP contribution in [0, 0.1) is 6.92 Å². The topological polar surface area (TPSA) is 90.7 Å². The van der Waals surface area contributed by atoms with Gasteiger partial charge in [0.2, 0.25) is 0 Å². The molecule has 2 aromatic heterocycles. The van der Waals surface area contributed by atoms with E-state index in [1.54, 1.807) is 18.2 Å². The van der Waals surface area contributed by atoms with E-state index in [0.29, 0.717) is 5.82 Å². The smallest absolute Gasteiger partial charge is 0.145 e. The lowest BCUT2D eigenvalue weighted by atomic mass is 10.1. The number of aromatic nitrogens is 3. The van der Waals surface area contributed by atoms with Crippen molar-refractivity contribution in [2.45, 2.75) is 6.92 Å². The van der Waals surface area contributed by atoms with Gasteiger partial charge in [0.25, 0.3) is 0 Å². The molecule has 0 fully saturated rings. The van der Waals surface area contributed by atoms with Gasteiger partial charge in [-0.25, -0.2) is 0 Å². The van der Waals surface area contributed by atoms with Gasteiger partial charge in [0.05, 0.1) is 5.69 Å². The highest BCUT2D eigenvalue weighted by atomic mass is 16.3. The molecule has 0 aliphatic carbocycles. The van der Waals surface area contributed by atoms with Gasteiger partial charge in [0.1, 0.15) is 11.6 Å². The van der Waals surface area contributed by atoms with Crippen LogP contribution in [0.1, 0.15) is 5.69 Å². The zero-order chi connectivity index (χ0) is 12.0. The van der Waals surface area contributed by atoms with Crippen molar-refractivity contribution in [3.05, 3.63) is 30.0 Å². The number of H-pyrrole nitrogens is 2. The first kappa shape index (κ1) is 9.77. The van der Waals surface area contributed by atoms with E-state index in [-0.39, 0.29) is 5.75 Å². The van der Waals surface area contributed by atoms with Crippen molar-refractivity contribution in [2.75, 3.05) is 5.73 Å². The van der Waals surface area contributed by atoms with Crippen LogP contribution in [0.4, 0.5) is 5.82 Å². The van der Waals surface area contributed by atoms with E-state index in [4.69, 9.17) is 5.73 Å². The van der Waals surface area contributed by atoms with Gasteiger partial charge in [-0.1, -0.05) is 0 Å². The van der Waals surface area contributed by atoms with Crippen molar-refractivity contribution in [2.24, 2.45) is 0 Å². The number of phenolic OH excluding ortho intramolecular Hbond substituents is 1. The number of hydrogen-bond donors (Lipinski definition) is 4. The third-order valence-electron chi connectivity index (χ3n) is 2.84. The van der Waals surface area contributed by atoms with Crippen molar-refractivity contribution >= 4 is 16.7 Å². The first-order valence-electron chi connectivity index (χ1n) is 5.27. The Morgan fingerprint density at radius 3 is 2.82 bits per heavy atom. The molecule has 1 aromatic carbocycles. The number of rotatable bonds is 1. The van der Waals surface area contributed by atoms with E-state index in [1.807, 2.05) is 13.0 Å². The third kappa shape index (κ3) is 1.44. The number of phenols is 1. The number of aromatic amines is 2. The van der Waals surface area contributed by atoms with E-state index in [1.165, 1.54) is 0 Å². The Bertz CT molecular complexity index is 696. The molecule has 0 atom stereocenters. The summed E-state index contributed by atoms with van der Waals surface area (Å²) in [5.74, 6) is 0.710. The zero-order valence-electron chi connectivity index (χ0n) is 9.28. The molecule has 0 radical (unpaired) electrons. The molecule has 0 saturated carbocycles. The van der Waals surface area contributed by atoms with Gasteiger partial charge in [0, 0.05) is 34.3 Å². The predicted octanol–water partition coefficient (Wildman–Crippen LogP) is 2.15. The Hall–Kier alpha value is -2.43. The number of aryl methyl sites for hydroxylation is 1. The van der Waals surface area contributed by atoms with Crippen LogP contribution in [0.2, 0.25) is 0 Å². The van der Waals surface area contributed by atoms with Gasteiger partial charge in [0.15, 0.2) is 0 Å². The molecule has 0 unspecified atom stereocenters. The van der Waals surface area contributed by atoms with Gasteiger partial charge < -0.3 is 15.8 Å². The molecule has 86 valence electrons. The van der Waals surface area contributed by atoms with Crippen LogP contribution in [-0.4, -0.2) is 20.3 Å². The van der Waals surface area contributed by atoms with Crippen LogP contribution < -0.4 is 5.73 Å². The van der Waals surface area contributed by atoms with Gasteiger partial charge in [-0.3, -0.25) is 5.10 Å². The Morgan fingerprint density at radius 1 is 1.29 bits per heavy atom. The first-order chi connectivity index (χ1) is 8.15. The van der Waals surface area contributed by atoms with Crippen molar-refractivity contribution in [3.63, 3.8) is 0 Å². The largest absolute Gasteiger partial charge is 0.508 e. The minimum absolute atomic E-state index is 0.245. The van der Waals surface area contributed by atoms with Crippen LogP contribution in [0.15, 0.2) is 24.3 Å². The molecule has 3 rings (SSSR count). The summed E-state index contributed by atoms with van der Waals surface area (Å²) in [7, 11) is 0. The summed E-state index contributed by atoms with van der Waals surface area (Å²) in [5, 5.41) is 17.3. The van der Waals surface area contributed by atoms with Gasteiger partial charge >= 0.3 is 0 Å². The minimum atomic E-state index is 0.245. The Balaban J connectivity index is 2.32. The van der Waals surface area contributed by atoms with Crippen LogP contribution >= 0.6 is 0 Å². The number of nitrogens with one attached hydrogen (secondary N) is 2. The Morgan fingerprint density at radius 2 is 2.12 bits per heavy atom. The maximum atomic E-state index is 9.44. The van der Waals surface area contributed by atoms with E-state index in [2.05, 4.69) is 15.2 Å². The lowest BCUT2D eigenvalue weighted by Gasteiger charge is -1.97. The molecule has 3 aromatic rings. The second-order valence-electron chi connectivity index (χ2n) is 4.06. The maximum absolute atomic E-state index is 9.44. The number of nitrogens with two attached hydrogens (primary N) is 1. The van der Waals surface area contributed by atoms with Crippen LogP contribution in [0.25, 0.3) is 22.2 Å². The van der Waals surface area contributed by atoms with E-state index in [9.17, 15) is 5.11 Å². The summed E-state index contributed by atoms with van der Waals surface area (Å²) in [4.78, 5) is 3.23. The Labute approximate surface area is 97.3 Å². The molecular weight excluding hydrogens is 216 g/mol. The summed E-state index contributed by atoms with van der Waals surface area (Å²) < 4.78 is 0. The highest BCUT2D eigenvalue weighted by Gasteiger charge is 2.12. The number of aromatic hydroxyl groups is 1. The van der Waals surface area contributed by atoms with Gasteiger partial charge in [-0.2, -0.15) is 5.10 Å². The lowest BCUT2D eigenvalue weighted by molar-refractivity contribution is 0.476. The molecular formula is C12H12N4O. The highest BCUT2D eigenvalue weighted by Crippen LogP contribution is 2.32. The second kappa shape index (κ2) is 3.28. The van der Waals surface area contributed by atoms with Gasteiger partial charge in [-0.05, 0) is 19.1 Å². The lowest BCUT2D eigenvalue weighted by Crippen LogP contribution is -1.81. The average molecular weight is 228 g/mol. The third-order valence-corrected chi connectivity index (χ3v) is 2.84. The molecule has 0 aliphatic heterocycles. The zero-order valence-corrected chi connectivity index (χ0v) is 9.28. The normalized spacial score (nSPS) is 11.1. The molecule has 0 saturated heterocycles. The fourth-order valence-electron chi connectivity index (χ4n) is 2.13. The molecule has 5 nitrogen and oxygen atoms in total. The predicted molar refractivity (Wildman–Crippen MR) is 66.7 cm³/mol. The highest BCUT2D eigenvalue weighted by molar-refractivity contribution is 5.97. The summed E-state index contributed by atoms with van der Waals surface area (Å²) in [6, 6.07) is 7.04. The molecule has 0 amide bonds. The van der Waals surface area contributed by atoms with Crippen molar-refractivity contribution < 1.29 is 5.11 Å². The van der Waals surface area contributed by atoms with E-state index >= 15 is 0 Å². The first-order valence-corrected chi connectivity index (χ1v) is 5.27. The van der Waals surface area contributed by atoms with E-state index in [0.717, 1.165) is 27.9 Å². The minimum Gasteiger partial charge on any atom is -0.508 e. The quantitative estimate of drug-likeness (QED) is 0.514. The summed E-state index contributed by atoms with van der Waals surface area (Å²) in [6.45, 7) is 1.98. The van der Waals surface area contributed by atoms with Gasteiger partial charge in [-0.15, -0.1) is 0 Å². The number of nitrogen functional groups attached to an aromatic ring is 1. The summed E-state index contributed by atoms with van der Waals surface area (Å²) >= 11 is 0. The molecule has 0 spiro atoms. The molecule has 0 aliphatic rings. The molecule has 17 heavy (non-hydrogen) atoms. The van der Waals surface area contributed by atoms with Crippen LogP contribution in [-0.2, 0) is 0 Å². The molecule has 2 heterocycles. The van der Waals surface area contributed by atoms with Crippen molar-refractivity contribution in [1.82, 2.24) is 15.2 Å². The molecule has 0 bridgehead atoms. The number of fused-ring (bicyclic) bond motifs is 1. The molecule has 5 N–H and O–H groups in total. The van der Waals surface area contributed by atoms with Crippen LogP contribution in [0.3, 0.4) is 0 Å². The second-order valence-corrected chi connectivity index (χ2v) is 4.06. The number of nitrogens with zero attached hydrogens (tertiary/aromatic N) is 1. The van der Waals surface area contributed by atoms with Crippen molar-refractivity contribution in [3.8, 4) is 17.0 Å². The van der Waals surface area contributed by atoms with Crippen molar-refractivity contribution in [1.29, 1.82) is 0 Å². The monoisotopic (exact) mass is 228 g/mol. The number of hydrogen-bond acceptors (Lipinski definition) is 3. The fourth-order valence-corrected chi connectivity index (χ4v) is 2.13. The van der Waals surface area contributed by atoms with Crippen LogP contribution in [0.5, 0.6) is 5.75 Å². The Kier molecular flexibility index (Phi) is 1.89. The standard InChI is InChI=1S/C12H12N4O/c1-6-12(10-5-11(13)16-15-10)8-3-2-7(17)4-9(8)14-6/h2-5,14,17H,1H3,(H3,13,15,16). The molecule has 5 heteroatoms. The number of anilines is 1.